The molecule has 0 aliphatic carbocycles. The number of benzene rings is 1. The molecule has 0 fully saturated rings. The van der Waals surface area contributed by atoms with Crippen LogP contribution in [0, 0.1) is 10.1 Å². The van der Waals surface area contributed by atoms with Gasteiger partial charge in [0.05, 0.1) is 17.0 Å². The summed E-state index contributed by atoms with van der Waals surface area (Å²) in [5, 5.41) is 22.1. The first-order valence-electron chi connectivity index (χ1n) is 5.20. The number of hydrogen-bond donors (Lipinski definition) is 3. The number of hydrogen-bond acceptors (Lipinski definition) is 5. The first kappa shape index (κ1) is 15.7. The maximum Gasteiger partial charge on any atom is 0.416 e. The Morgan fingerprint density at radius 3 is 2.55 bits per heavy atom. The number of aliphatic hydroxyl groups excluding tert-OH is 1. The zero-order chi connectivity index (χ0) is 15.5. The van der Waals surface area contributed by atoms with Gasteiger partial charge in [-0.05, 0) is 12.1 Å². The van der Waals surface area contributed by atoms with Gasteiger partial charge in [0.25, 0.3) is 5.69 Å². The van der Waals surface area contributed by atoms with E-state index >= 15 is 0 Å². The van der Waals surface area contributed by atoms with Crippen molar-refractivity contribution < 1.29 is 28.0 Å². The first-order valence-corrected chi connectivity index (χ1v) is 5.20. The number of nitrogens with two attached hydrogens (primary N) is 1. The molecule has 0 bridgehead atoms. The number of carbonyl (C=O) groups is 1. The van der Waals surface area contributed by atoms with Gasteiger partial charge in [-0.1, -0.05) is 0 Å². The summed E-state index contributed by atoms with van der Waals surface area (Å²) < 4.78 is 37.3. The number of aliphatic hydroxyl groups is 1. The number of nitrogens with zero attached hydrogens (tertiary/aromatic N) is 1. The van der Waals surface area contributed by atoms with E-state index in [4.69, 9.17) is 10.8 Å². The molecule has 4 N–H and O–H groups in total. The highest BCUT2D eigenvalue weighted by molar-refractivity contribution is 5.79. The van der Waals surface area contributed by atoms with Crippen LogP contribution in [0.5, 0.6) is 0 Å². The topological polar surface area (TPSA) is 118 Å². The fraction of sp³-hybridized carbons (Fsp3) is 0.300. The van der Waals surface area contributed by atoms with Crippen molar-refractivity contribution in [1.29, 1.82) is 0 Å². The van der Waals surface area contributed by atoms with E-state index in [-0.39, 0.29) is 5.69 Å². The van der Waals surface area contributed by atoms with Crippen LogP contribution >= 0.6 is 0 Å². The van der Waals surface area contributed by atoms with Crippen molar-refractivity contribution in [2.75, 3.05) is 11.9 Å². The summed E-state index contributed by atoms with van der Waals surface area (Å²) >= 11 is 0. The Kier molecular flexibility index (Phi) is 4.50. The second-order valence-electron chi connectivity index (χ2n) is 3.79. The average molecular weight is 293 g/mol. The zero-order valence-corrected chi connectivity index (χ0v) is 9.85. The fourth-order valence-electron chi connectivity index (χ4n) is 1.32. The summed E-state index contributed by atoms with van der Waals surface area (Å²) in [5.41, 5.74) is 2.51. The molecule has 0 spiro atoms. The number of nitro benzene ring substituents is 1. The van der Waals surface area contributed by atoms with Crippen molar-refractivity contribution in [3.05, 3.63) is 33.9 Å². The summed E-state index contributed by atoms with van der Waals surface area (Å²) in [7, 11) is 0. The van der Waals surface area contributed by atoms with Gasteiger partial charge < -0.3 is 16.2 Å². The van der Waals surface area contributed by atoms with Gasteiger partial charge in [-0.15, -0.1) is 0 Å². The van der Waals surface area contributed by atoms with Crippen LogP contribution in [0.3, 0.4) is 0 Å². The van der Waals surface area contributed by atoms with Gasteiger partial charge in [-0.25, -0.2) is 0 Å². The Morgan fingerprint density at radius 1 is 1.50 bits per heavy atom. The van der Waals surface area contributed by atoms with Crippen LogP contribution in [0.15, 0.2) is 18.2 Å². The maximum atomic E-state index is 12.4. The summed E-state index contributed by atoms with van der Waals surface area (Å²) in [6.45, 7) is -0.457. The van der Waals surface area contributed by atoms with E-state index in [1.165, 1.54) is 0 Å². The van der Waals surface area contributed by atoms with E-state index in [1.807, 2.05) is 0 Å². The van der Waals surface area contributed by atoms with Crippen molar-refractivity contribution in [3.63, 3.8) is 0 Å². The predicted molar refractivity (Wildman–Crippen MR) is 61.8 cm³/mol. The Morgan fingerprint density at radius 2 is 2.10 bits per heavy atom. The minimum absolute atomic E-state index is 0.261. The lowest BCUT2D eigenvalue weighted by molar-refractivity contribution is -0.384. The van der Waals surface area contributed by atoms with E-state index in [9.17, 15) is 28.1 Å². The smallest absolute Gasteiger partial charge is 0.381 e. The second kappa shape index (κ2) is 5.74. The highest BCUT2D eigenvalue weighted by Crippen LogP contribution is 2.34. The average Bonchev–Trinajstić information content (AvgIpc) is 2.34. The van der Waals surface area contributed by atoms with Gasteiger partial charge in [-0.2, -0.15) is 13.2 Å². The van der Waals surface area contributed by atoms with Gasteiger partial charge >= 0.3 is 6.18 Å². The van der Waals surface area contributed by atoms with Crippen LogP contribution in [-0.4, -0.2) is 28.6 Å². The minimum Gasteiger partial charge on any atom is -0.381 e. The molecule has 1 amide bonds. The molecule has 10 heteroatoms. The highest BCUT2D eigenvalue weighted by Gasteiger charge is 2.33. The minimum atomic E-state index is -4.71. The normalized spacial score (nSPS) is 12.8. The molecule has 0 aromatic heterocycles. The number of anilines is 1. The molecule has 20 heavy (non-hydrogen) atoms. The molecule has 1 rings (SSSR count). The number of nitro groups is 1. The number of primary amides is 1. The quantitative estimate of drug-likeness (QED) is 0.550. The van der Waals surface area contributed by atoms with Crippen LogP contribution < -0.4 is 11.1 Å². The van der Waals surface area contributed by atoms with Crippen molar-refractivity contribution in [1.82, 2.24) is 0 Å². The lowest BCUT2D eigenvalue weighted by Gasteiger charge is -2.12. The van der Waals surface area contributed by atoms with Crippen molar-refractivity contribution in [2.45, 2.75) is 12.3 Å². The van der Waals surface area contributed by atoms with Gasteiger partial charge in [0, 0.05) is 6.07 Å². The van der Waals surface area contributed by atoms with Crippen LogP contribution in [-0.2, 0) is 11.0 Å². The van der Waals surface area contributed by atoms with Gasteiger partial charge in [0.15, 0.2) is 0 Å². The van der Waals surface area contributed by atoms with Crippen LogP contribution in [0.25, 0.3) is 0 Å². The number of amides is 1. The number of alkyl halides is 3. The van der Waals surface area contributed by atoms with Crippen molar-refractivity contribution >= 4 is 17.3 Å². The molecule has 1 atom stereocenters. The summed E-state index contributed by atoms with van der Waals surface area (Å²) in [6, 6.07) is 1.85. The van der Waals surface area contributed by atoms with Crippen LogP contribution in [0.1, 0.15) is 5.56 Å². The third-order valence-electron chi connectivity index (χ3n) is 2.34. The zero-order valence-electron chi connectivity index (χ0n) is 9.85. The van der Waals surface area contributed by atoms with E-state index in [1.54, 1.807) is 0 Å². The molecule has 1 aromatic carbocycles. The molecule has 0 heterocycles. The van der Waals surface area contributed by atoms with E-state index < -0.39 is 40.9 Å². The molecule has 7 nitrogen and oxygen atoms in total. The lowest BCUT2D eigenvalue weighted by atomic mass is 10.1. The Balaban J connectivity index is 3.02. The Bertz CT molecular complexity index is 533. The monoisotopic (exact) mass is 293 g/mol. The molecular weight excluding hydrogens is 283 g/mol. The number of nitrogens with one attached hydrogen (secondary N) is 1. The SMILES string of the molecule is NC(=O)C(O)CNc1ccc(C(F)(F)F)cc1[N+](=O)[O-]. The van der Waals surface area contributed by atoms with Crippen molar-refractivity contribution in [2.24, 2.45) is 5.73 Å². The Labute approximate surface area is 110 Å². The molecule has 1 unspecified atom stereocenters. The van der Waals surface area contributed by atoms with Crippen LogP contribution in [0.2, 0.25) is 0 Å². The largest absolute Gasteiger partial charge is 0.416 e. The number of rotatable bonds is 5. The molecule has 1 aromatic rings. The summed E-state index contributed by atoms with van der Waals surface area (Å²) in [5.74, 6) is -1.06. The number of halogens is 3. The van der Waals surface area contributed by atoms with E-state index in [2.05, 4.69) is 5.32 Å². The van der Waals surface area contributed by atoms with Gasteiger partial charge in [0.2, 0.25) is 5.91 Å². The fourth-order valence-corrected chi connectivity index (χ4v) is 1.32. The molecule has 0 aliphatic rings. The highest BCUT2D eigenvalue weighted by atomic mass is 19.4. The van der Waals surface area contributed by atoms with Gasteiger partial charge in [0.1, 0.15) is 11.8 Å². The van der Waals surface area contributed by atoms with E-state index in [0.717, 1.165) is 6.07 Å². The van der Waals surface area contributed by atoms with E-state index in [0.29, 0.717) is 12.1 Å². The predicted octanol–water partition coefficient (Wildman–Crippen LogP) is 0.872. The first-order chi connectivity index (χ1) is 9.12. The van der Waals surface area contributed by atoms with Crippen molar-refractivity contribution in [3.8, 4) is 0 Å². The second-order valence-corrected chi connectivity index (χ2v) is 3.79. The Hall–Kier alpha value is -2.36. The third-order valence-corrected chi connectivity index (χ3v) is 2.34. The standard InChI is InChI=1S/C10H10F3N3O4/c11-10(12,13)5-1-2-6(7(3-5)16(19)20)15-4-8(17)9(14)18/h1-3,8,15,17H,4H2,(H2,14,18). The number of carbonyl (C=O) groups excluding carboxylic acids is 1. The van der Waals surface area contributed by atoms with Crippen LogP contribution in [0.4, 0.5) is 24.5 Å². The maximum absolute atomic E-state index is 12.4. The van der Waals surface area contributed by atoms with Gasteiger partial charge in [-0.3, -0.25) is 14.9 Å². The molecule has 0 saturated carbocycles. The summed E-state index contributed by atoms with van der Waals surface area (Å²) in [6.07, 6.45) is -6.33. The molecule has 0 radical (unpaired) electrons. The molecular formula is C10H10F3N3O4. The summed E-state index contributed by atoms with van der Waals surface area (Å²) in [4.78, 5) is 20.3. The molecule has 110 valence electrons. The molecule has 0 aliphatic heterocycles. The molecule has 0 saturated heterocycles. The third kappa shape index (κ3) is 3.82. The lowest BCUT2D eigenvalue weighted by Crippen LogP contribution is -2.34.